The van der Waals surface area contributed by atoms with Crippen molar-refractivity contribution in [3.63, 3.8) is 0 Å². The molecule has 0 amide bonds. The van der Waals surface area contributed by atoms with E-state index in [0.29, 0.717) is 5.69 Å². The topological polar surface area (TPSA) is 40.5 Å². The zero-order valence-electron chi connectivity index (χ0n) is 10.5. The van der Waals surface area contributed by atoms with Crippen LogP contribution < -0.4 is 4.90 Å². The molecule has 1 saturated heterocycles. The van der Waals surface area contributed by atoms with Gasteiger partial charge < -0.3 is 10.0 Å². The first-order valence-corrected chi connectivity index (χ1v) is 6.32. The van der Waals surface area contributed by atoms with E-state index in [1.165, 1.54) is 13.0 Å². The van der Waals surface area contributed by atoms with Crippen LogP contribution in [0.15, 0.2) is 18.2 Å². The molecule has 1 atom stereocenters. The monoisotopic (exact) mass is 251 g/mol. The highest BCUT2D eigenvalue weighted by Gasteiger charge is 2.26. The van der Waals surface area contributed by atoms with Gasteiger partial charge in [-0.2, -0.15) is 0 Å². The summed E-state index contributed by atoms with van der Waals surface area (Å²) >= 11 is 0. The minimum absolute atomic E-state index is 0.0151. The standard InChI is InChI=1S/C14H18FNO2/c1-10(18)14-12(15)6-4-7-13(14)16-8-3-2-5-11(16)9-17/h4,6-7,11,17H,2-3,5,8-9H2,1H3. The Hall–Kier alpha value is -1.42. The van der Waals surface area contributed by atoms with Crippen molar-refractivity contribution < 1.29 is 14.3 Å². The van der Waals surface area contributed by atoms with Crippen LogP contribution in [0.4, 0.5) is 10.1 Å². The molecule has 0 radical (unpaired) electrons. The van der Waals surface area contributed by atoms with Gasteiger partial charge in [0.05, 0.1) is 23.9 Å². The van der Waals surface area contributed by atoms with Gasteiger partial charge in [-0.3, -0.25) is 4.79 Å². The van der Waals surface area contributed by atoms with Crippen LogP contribution in [-0.2, 0) is 0 Å². The summed E-state index contributed by atoms with van der Waals surface area (Å²) in [5, 5.41) is 9.40. The predicted octanol–water partition coefficient (Wildman–Crippen LogP) is 2.38. The second kappa shape index (κ2) is 5.48. The van der Waals surface area contributed by atoms with Crippen LogP contribution in [0.25, 0.3) is 0 Å². The number of aliphatic hydroxyl groups excluding tert-OH is 1. The maximum absolute atomic E-state index is 13.8. The number of aliphatic hydroxyl groups is 1. The molecular formula is C14H18FNO2. The van der Waals surface area contributed by atoms with E-state index in [2.05, 4.69) is 0 Å². The Morgan fingerprint density at radius 2 is 2.28 bits per heavy atom. The summed E-state index contributed by atoms with van der Waals surface area (Å²) in [6, 6.07) is 4.66. The van der Waals surface area contributed by atoms with Crippen LogP contribution in [0.5, 0.6) is 0 Å². The lowest BCUT2D eigenvalue weighted by Gasteiger charge is -2.37. The second-order valence-electron chi connectivity index (χ2n) is 4.72. The SMILES string of the molecule is CC(=O)c1c(F)cccc1N1CCCCC1CO. The first-order valence-electron chi connectivity index (χ1n) is 6.32. The molecule has 0 aliphatic carbocycles. The number of Topliss-reactive ketones (excluding diaryl/α,β-unsaturated/α-hetero) is 1. The fourth-order valence-corrected chi connectivity index (χ4v) is 2.61. The lowest BCUT2D eigenvalue weighted by Crippen LogP contribution is -2.42. The van der Waals surface area contributed by atoms with E-state index >= 15 is 0 Å². The fraction of sp³-hybridized carbons (Fsp3) is 0.500. The number of anilines is 1. The van der Waals surface area contributed by atoms with Crippen molar-refractivity contribution >= 4 is 11.5 Å². The summed E-state index contributed by atoms with van der Waals surface area (Å²) in [5.74, 6) is -0.757. The highest BCUT2D eigenvalue weighted by Crippen LogP contribution is 2.29. The van der Waals surface area contributed by atoms with Gasteiger partial charge in [-0.25, -0.2) is 4.39 Å². The Labute approximate surface area is 106 Å². The summed E-state index contributed by atoms with van der Waals surface area (Å²) in [6.07, 6.45) is 2.95. The van der Waals surface area contributed by atoms with Crippen molar-refractivity contribution in [2.75, 3.05) is 18.1 Å². The smallest absolute Gasteiger partial charge is 0.164 e. The summed E-state index contributed by atoms with van der Waals surface area (Å²) in [6.45, 7) is 2.17. The molecule has 3 nitrogen and oxygen atoms in total. The molecule has 1 aromatic carbocycles. The first-order chi connectivity index (χ1) is 8.65. The van der Waals surface area contributed by atoms with Crippen molar-refractivity contribution in [1.29, 1.82) is 0 Å². The number of piperidine rings is 1. The fourth-order valence-electron chi connectivity index (χ4n) is 2.61. The Morgan fingerprint density at radius 3 is 2.94 bits per heavy atom. The third-order valence-corrected chi connectivity index (χ3v) is 3.49. The maximum atomic E-state index is 13.8. The lowest BCUT2D eigenvalue weighted by molar-refractivity contribution is 0.101. The molecule has 18 heavy (non-hydrogen) atoms. The molecule has 1 aromatic rings. The van der Waals surface area contributed by atoms with E-state index < -0.39 is 5.82 Å². The number of halogens is 1. The molecule has 4 heteroatoms. The van der Waals surface area contributed by atoms with Gasteiger partial charge in [-0.15, -0.1) is 0 Å². The van der Waals surface area contributed by atoms with Crippen LogP contribution in [0.3, 0.4) is 0 Å². The Kier molecular flexibility index (Phi) is 3.97. The lowest BCUT2D eigenvalue weighted by atomic mass is 9.99. The van der Waals surface area contributed by atoms with Crippen LogP contribution >= 0.6 is 0 Å². The van der Waals surface area contributed by atoms with Gasteiger partial charge in [-0.1, -0.05) is 6.07 Å². The minimum atomic E-state index is -0.484. The molecule has 1 heterocycles. The van der Waals surface area contributed by atoms with Gasteiger partial charge in [0.25, 0.3) is 0 Å². The van der Waals surface area contributed by atoms with Crippen LogP contribution in [0.1, 0.15) is 36.5 Å². The molecule has 1 aliphatic heterocycles. The summed E-state index contributed by atoms with van der Waals surface area (Å²) in [4.78, 5) is 13.6. The van der Waals surface area contributed by atoms with E-state index in [-0.39, 0.29) is 24.0 Å². The molecule has 0 spiro atoms. The van der Waals surface area contributed by atoms with E-state index in [0.717, 1.165) is 25.8 Å². The third-order valence-electron chi connectivity index (χ3n) is 3.49. The molecule has 1 unspecified atom stereocenters. The number of hydrogen-bond acceptors (Lipinski definition) is 3. The van der Waals surface area contributed by atoms with Crippen molar-refractivity contribution in [2.45, 2.75) is 32.2 Å². The van der Waals surface area contributed by atoms with Gasteiger partial charge in [-0.05, 0) is 38.3 Å². The molecule has 1 aliphatic rings. The van der Waals surface area contributed by atoms with Crippen molar-refractivity contribution in [1.82, 2.24) is 0 Å². The second-order valence-corrected chi connectivity index (χ2v) is 4.72. The zero-order valence-corrected chi connectivity index (χ0v) is 10.5. The van der Waals surface area contributed by atoms with E-state index in [1.807, 2.05) is 4.90 Å². The normalized spacial score (nSPS) is 19.9. The van der Waals surface area contributed by atoms with Gasteiger partial charge in [0.2, 0.25) is 0 Å². The quantitative estimate of drug-likeness (QED) is 0.838. The van der Waals surface area contributed by atoms with Gasteiger partial charge in [0.15, 0.2) is 5.78 Å². The predicted molar refractivity (Wildman–Crippen MR) is 68.5 cm³/mol. The van der Waals surface area contributed by atoms with Gasteiger partial charge >= 0.3 is 0 Å². The number of ketones is 1. The summed E-state index contributed by atoms with van der Waals surface area (Å²) in [7, 11) is 0. The average molecular weight is 251 g/mol. The van der Waals surface area contributed by atoms with Crippen LogP contribution in [0.2, 0.25) is 0 Å². The molecule has 0 aromatic heterocycles. The van der Waals surface area contributed by atoms with Crippen molar-refractivity contribution in [3.8, 4) is 0 Å². The number of carbonyl (C=O) groups is 1. The van der Waals surface area contributed by atoms with Gasteiger partial charge in [0, 0.05) is 6.54 Å². The molecule has 0 bridgehead atoms. The summed E-state index contributed by atoms with van der Waals surface area (Å²) in [5.41, 5.74) is 0.749. The Bertz CT molecular complexity index is 447. The average Bonchev–Trinajstić information content (AvgIpc) is 2.38. The number of hydrogen-bond donors (Lipinski definition) is 1. The third kappa shape index (κ3) is 2.38. The van der Waals surface area contributed by atoms with Crippen molar-refractivity contribution in [3.05, 3.63) is 29.6 Å². The molecule has 0 saturated carbocycles. The maximum Gasteiger partial charge on any atom is 0.164 e. The summed E-state index contributed by atoms with van der Waals surface area (Å²) < 4.78 is 13.8. The number of benzene rings is 1. The van der Waals surface area contributed by atoms with Crippen LogP contribution in [0, 0.1) is 5.82 Å². The van der Waals surface area contributed by atoms with Gasteiger partial charge in [0.1, 0.15) is 5.82 Å². The molecule has 1 N–H and O–H groups in total. The highest BCUT2D eigenvalue weighted by atomic mass is 19.1. The number of carbonyl (C=O) groups excluding carboxylic acids is 1. The Balaban J connectivity index is 2.42. The van der Waals surface area contributed by atoms with E-state index in [4.69, 9.17) is 0 Å². The highest BCUT2D eigenvalue weighted by molar-refractivity contribution is 6.00. The van der Waals surface area contributed by atoms with Crippen molar-refractivity contribution in [2.24, 2.45) is 0 Å². The number of nitrogens with zero attached hydrogens (tertiary/aromatic N) is 1. The largest absolute Gasteiger partial charge is 0.394 e. The zero-order chi connectivity index (χ0) is 13.1. The van der Waals surface area contributed by atoms with E-state index in [9.17, 15) is 14.3 Å². The Morgan fingerprint density at radius 1 is 1.50 bits per heavy atom. The number of rotatable bonds is 3. The molecule has 98 valence electrons. The molecular weight excluding hydrogens is 233 g/mol. The van der Waals surface area contributed by atoms with E-state index in [1.54, 1.807) is 12.1 Å². The first kappa shape index (κ1) is 13.0. The molecule has 2 rings (SSSR count). The minimum Gasteiger partial charge on any atom is -0.394 e. The molecule has 1 fully saturated rings. The van der Waals surface area contributed by atoms with Crippen LogP contribution in [-0.4, -0.2) is 30.1 Å².